The van der Waals surface area contributed by atoms with Crippen LogP contribution in [0.5, 0.6) is 0 Å². The second-order valence-electron chi connectivity index (χ2n) is 9.25. The zero-order chi connectivity index (χ0) is 18.6. The van der Waals surface area contributed by atoms with Gasteiger partial charge in [-0.25, -0.2) is 0 Å². The largest absolute Gasteiger partial charge is 0.458 e. The van der Waals surface area contributed by atoms with Gasteiger partial charge < -0.3 is 4.74 Å². The van der Waals surface area contributed by atoms with Crippen molar-refractivity contribution in [3.8, 4) is 0 Å². The second-order valence-corrected chi connectivity index (χ2v) is 9.25. The zero-order valence-electron chi connectivity index (χ0n) is 16.5. The highest BCUT2D eigenvalue weighted by molar-refractivity contribution is 5.95. The fraction of sp³-hybridized carbons (Fsp3) is 0.727. The molecule has 0 spiro atoms. The normalized spacial score (nSPS) is 40.8. The van der Waals surface area contributed by atoms with Crippen LogP contribution in [0.25, 0.3) is 0 Å². The Labute approximate surface area is 151 Å². The predicted molar refractivity (Wildman–Crippen MR) is 98.9 cm³/mol. The van der Waals surface area contributed by atoms with Crippen LogP contribution in [0.2, 0.25) is 0 Å². The maximum absolute atomic E-state index is 13.0. The molecule has 0 unspecified atom stereocenters. The van der Waals surface area contributed by atoms with E-state index in [0.717, 1.165) is 25.7 Å². The lowest BCUT2D eigenvalue weighted by Gasteiger charge is -2.53. The minimum Gasteiger partial charge on any atom is -0.458 e. The maximum Gasteiger partial charge on any atom is 0.303 e. The van der Waals surface area contributed by atoms with E-state index >= 15 is 0 Å². The SMILES string of the molecule is CC(=O)O[C@H]1C=C(C(C)C)[C@@H]2[C@H]3CCC(C)=CC(=O)[C@]3(C)CC[C@]12C. The van der Waals surface area contributed by atoms with Crippen LogP contribution in [0.15, 0.2) is 23.3 Å². The minimum absolute atomic E-state index is 0.0893. The van der Waals surface area contributed by atoms with Crippen LogP contribution >= 0.6 is 0 Å². The fourth-order valence-corrected chi connectivity index (χ4v) is 5.63. The number of hydrogen-bond acceptors (Lipinski definition) is 3. The molecule has 25 heavy (non-hydrogen) atoms. The number of esters is 1. The summed E-state index contributed by atoms with van der Waals surface area (Å²) >= 11 is 0. The van der Waals surface area contributed by atoms with Gasteiger partial charge in [0.15, 0.2) is 5.78 Å². The Morgan fingerprint density at radius 2 is 1.96 bits per heavy atom. The Kier molecular flexibility index (Phi) is 4.50. The first-order valence-corrected chi connectivity index (χ1v) is 9.70. The first kappa shape index (κ1) is 18.4. The molecule has 0 bridgehead atoms. The molecule has 0 aromatic rings. The van der Waals surface area contributed by atoms with Gasteiger partial charge >= 0.3 is 5.97 Å². The van der Waals surface area contributed by atoms with E-state index in [1.807, 2.05) is 6.08 Å². The quantitative estimate of drug-likeness (QED) is 0.530. The topological polar surface area (TPSA) is 43.4 Å². The van der Waals surface area contributed by atoms with Crippen LogP contribution in [0.1, 0.15) is 67.2 Å². The Morgan fingerprint density at radius 3 is 2.56 bits per heavy atom. The Balaban J connectivity index is 2.06. The summed E-state index contributed by atoms with van der Waals surface area (Å²) in [5.41, 5.74) is 2.21. The van der Waals surface area contributed by atoms with Crippen molar-refractivity contribution in [1.29, 1.82) is 0 Å². The Bertz CT molecular complexity index is 656. The van der Waals surface area contributed by atoms with Crippen LogP contribution in [0.3, 0.4) is 0 Å². The average molecular weight is 344 g/mol. The van der Waals surface area contributed by atoms with Crippen molar-refractivity contribution in [2.45, 2.75) is 73.3 Å². The minimum atomic E-state index is -0.291. The standard InChI is InChI=1S/C22H32O3/c1-13(2)16-12-19(25-15(4)23)22(6)10-9-21(5)17(20(16)22)8-7-14(3)11-18(21)24/h11-13,17,19-20H,7-10H2,1-6H3/t17-,19+,20-,21-,22-/m1/s1. The first-order chi connectivity index (χ1) is 11.6. The molecule has 5 atom stereocenters. The van der Waals surface area contributed by atoms with E-state index < -0.39 is 0 Å². The summed E-state index contributed by atoms with van der Waals surface area (Å²) in [5, 5.41) is 0. The number of hydrogen-bond donors (Lipinski definition) is 0. The molecule has 0 N–H and O–H groups in total. The summed E-state index contributed by atoms with van der Waals surface area (Å²) in [5.74, 6) is 1.13. The van der Waals surface area contributed by atoms with E-state index in [4.69, 9.17) is 4.74 Å². The van der Waals surface area contributed by atoms with Crippen LogP contribution in [0, 0.1) is 28.6 Å². The maximum atomic E-state index is 13.0. The van der Waals surface area contributed by atoms with E-state index in [0.29, 0.717) is 23.5 Å². The van der Waals surface area contributed by atoms with Crippen molar-refractivity contribution >= 4 is 11.8 Å². The fourth-order valence-electron chi connectivity index (χ4n) is 5.63. The molecular formula is C22H32O3. The Hall–Kier alpha value is -1.38. The number of carbonyl (C=O) groups excluding carboxylic acids is 2. The van der Waals surface area contributed by atoms with Gasteiger partial charge in [-0.15, -0.1) is 0 Å². The number of carbonyl (C=O) groups is 2. The molecule has 0 radical (unpaired) electrons. The third-order valence-corrected chi connectivity index (χ3v) is 7.22. The monoisotopic (exact) mass is 344 g/mol. The lowest BCUT2D eigenvalue weighted by atomic mass is 9.50. The highest BCUT2D eigenvalue weighted by atomic mass is 16.5. The molecule has 0 aromatic heterocycles. The molecule has 138 valence electrons. The van der Waals surface area contributed by atoms with E-state index in [-0.39, 0.29) is 22.9 Å². The molecule has 0 aromatic carbocycles. The summed E-state index contributed by atoms with van der Waals surface area (Å²) in [6.07, 6.45) is 7.77. The van der Waals surface area contributed by atoms with E-state index in [2.05, 4.69) is 40.7 Å². The number of rotatable bonds is 2. The van der Waals surface area contributed by atoms with Crippen molar-refractivity contribution in [1.82, 2.24) is 0 Å². The highest BCUT2D eigenvalue weighted by Gasteiger charge is 2.61. The predicted octanol–water partition coefficient (Wildman–Crippen LogP) is 4.86. The van der Waals surface area contributed by atoms with Gasteiger partial charge in [0.1, 0.15) is 6.10 Å². The molecule has 3 aliphatic carbocycles. The van der Waals surface area contributed by atoms with Crippen LogP contribution in [-0.4, -0.2) is 17.9 Å². The van der Waals surface area contributed by atoms with Crippen LogP contribution < -0.4 is 0 Å². The lowest BCUT2D eigenvalue weighted by molar-refractivity contribution is -0.157. The molecule has 3 aliphatic rings. The lowest BCUT2D eigenvalue weighted by Crippen LogP contribution is -2.52. The summed E-state index contributed by atoms with van der Waals surface area (Å²) in [6, 6.07) is 0. The molecule has 3 rings (SSSR count). The zero-order valence-corrected chi connectivity index (χ0v) is 16.5. The molecule has 3 nitrogen and oxygen atoms in total. The third-order valence-electron chi connectivity index (χ3n) is 7.22. The summed E-state index contributed by atoms with van der Waals surface area (Å²) in [7, 11) is 0. The highest BCUT2D eigenvalue weighted by Crippen LogP contribution is 2.63. The summed E-state index contributed by atoms with van der Waals surface area (Å²) in [4.78, 5) is 24.7. The smallest absolute Gasteiger partial charge is 0.303 e. The molecular weight excluding hydrogens is 312 g/mol. The molecule has 0 heterocycles. The molecule has 0 amide bonds. The van der Waals surface area contributed by atoms with Crippen molar-refractivity contribution in [3.63, 3.8) is 0 Å². The molecule has 3 heteroatoms. The molecule has 0 aliphatic heterocycles. The Morgan fingerprint density at radius 1 is 1.28 bits per heavy atom. The number of allylic oxidation sites excluding steroid dienone is 3. The van der Waals surface area contributed by atoms with E-state index in [9.17, 15) is 9.59 Å². The van der Waals surface area contributed by atoms with Crippen LogP contribution in [-0.2, 0) is 14.3 Å². The van der Waals surface area contributed by atoms with E-state index in [1.165, 1.54) is 18.1 Å². The van der Waals surface area contributed by atoms with E-state index in [1.54, 1.807) is 0 Å². The second kappa shape index (κ2) is 6.10. The third kappa shape index (κ3) is 2.80. The van der Waals surface area contributed by atoms with Gasteiger partial charge in [-0.3, -0.25) is 9.59 Å². The van der Waals surface area contributed by atoms with Gasteiger partial charge in [0.25, 0.3) is 0 Å². The molecule has 1 saturated carbocycles. The van der Waals surface area contributed by atoms with Gasteiger partial charge in [0.2, 0.25) is 0 Å². The first-order valence-electron chi connectivity index (χ1n) is 9.70. The molecule has 0 saturated heterocycles. The number of fused-ring (bicyclic) bond motifs is 3. The molecule has 1 fully saturated rings. The van der Waals surface area contributed by atoms with Gasteiger partial charge in [-0.05, 0) is 62.5 Å². The van der Waals surface area contributed by atoms with Crippen LogP contribution in [0.4, 0.5) is 0 Å². The van der Waals surface area contributed by atoms with Crippen molar-refractivity contribution < 1.29 is 14.3 Å². The van der Waals surface area contributed by atoms with Gasteiger partial charge in [0.05, 0.1) is 0 Å². The van der Waals surface area contributed by atoms with Crippen molar-refractivity contribution in [2.24, 2.45) is 28.6 Å². The average Bonchev–Trinajstić information content (AvgIpc) is 2.73. The number of ketones is 1. The van der Waals surface area contributed by atoms with Gasteiger partial charge in [-0.2, -0.15) is 0 Å². The summed E-state index contributed by atoms with van der Waals surface area (Å²) < 4.78 is 5.74. The van der Waals surface area contributed by atoms with Gasteiger partial charge in [-0.1, -0.05) is 38.8 Å². The summed E-state index contributed by atoms with van der Waals surface area (Å²) in [6.45, 7) is 12.5. The number of ether oxygens (including phenoxy) is 1. The van der Waals surface area contributed by atoms with Crippen molar-refractivity contribution in [2.75, 3.05) is 0 Å². The van der Waals surface area contributed by atoms with Gasteiger partial charge in [0, 0.05) is 17.8 Å². The van der Waals surface area contributed by atoms with Crippen molar-refractivity contribution in [3.05, 3.63) is 23.3 Å².